The lowest BCUT2D eigenvalue weighted by Crippen LogP contribution is -2.14. The van der Waals surface area contributed by atoms with Crippen LogP contribution >= 0.6 is 0 Å². The molecule has 25 heavy (non-hydrogen) atoms. The van der Waals surface area contributed by atoms with E-state index in [2.05, 4.69) is 21.9 Å². The molecule has 0 amide bonds. The van der Waals surface area contributed by atoms with Crippen molar-refractivity contribution in [1.82, 2.24) is 14.7 Å². The summed E-state index contributed by atoms with van der Waals surface area (Å²) in [7, 11) is 0. The monoisotopic (exact) mass is 342 g/mol. The molecule has 134 valence electrons. The number of hydrogen-bond acceptors (Lipinski definition) is 3. The van der Waals surface area contributed by atoms with Gasteiger partial charge in [0.1, 0.15) is 5.65 Å². The van der Waals surface area contributed by atoms with Gasteiger partial charge in [0.25, 0.3) is 0 Å². The van der Waals surface area contributed by atoms with Gasteiger partial charge in [-0.05, 0) is 12.8 Å². The fraction of sp³-hybridized carbons (Fsp3) is 0.474. The third kappa shape index (κ3) is 4.32. The maximum Gasteiger partial charge on any atom is 0.225 e. The largest absolute Gasteiger partial charge is 0.503 e. The van der Waals surface area contributed by atoms with Gasteiger partial charge < -0.3 is 15.4 Å². The summed E-state index contributed by atoms with van der Waals surface area (Å²) in [6.07, 6.45) is 15.0. The Balaban J connectivity index is 1.65. The molecule has 0 unspecified atom stereocenters. The number of aromatic nitrogens is 2. The summed E-state index contributed by atoms with van der Waals surface area (Å²) in [5.74, 6) is -0.287. The summed E-state index contributed by atoms with van der Waals surface area (Å²) >= 11 is 0. The SMILES string of the molecule is C=C(NC=NC1CCCCCCCC1)c1c[nH]c2cc(=O)c(O)cn12. The second-order valence-corrected chi connectivity index (χ2v) is 6.71. The van der Waals surface area contributed by atoms with Crippen molar-refractivity contribution in [2.75, 3.05) is 0 Å². The van der Waals surface area contributed by atoms with E-state index in [0.29, 0.717) is 17.4 Å². The number of aromatic amines is 1. The maximum absolute atomic E-state index is 11.5. The van der Waals surface area contributed by atoms with Crippen LogP contribution in [0, 0.1) is 0 Å². The topological polar surface area (TPSA) is 81.9 Å². The van der Waals surface area contributed by atoms with Crippen molar-refractivity contribution < 1.29 is 5.11 Å². The average Bonchev–Trinajstić information content (AvgIpc) is 3.04. The van der Waals surface area contributed by atoms with E-state index in [0.717, 1.165) is 18.5 Å². The van der Waals surface area contributed by atoms with Crippen molar-refractivity contribution in [2.45, 2.75) is 57.4 Å². The Labute approximate surface area is 147 Å². The number of hydrogen-bond donors (Lipinski definition) is 3. The van der Waals surface area contributed by atoms with Crippen LogP contribution in [0.25, 0.3) is 11.3 Å². The molecule has 0 bridgehead atoms. The molecule has 1 aliphatic carbocycles. The molecule has 3 N–H and O–H groups in total. The van der Waals surface area contributed by atoms with Crippen LogP contribution in [0.5, 0.6) is 5.75 Å². The minimum absolute atomic E-state index is 0.287. The molecule has 2 heterocycles. The van der Waals surface area contributed by atoms with Gasteiger partial charge in [-0.25, -0.2) is 0 Å². The van der Waals surface area contributed by atoms with Crippen LogP contribution < -0.4 is 10.7 Å². The Hall–Kier alpha value is -2.50. The number of pyridine rings is 1. The average molecular weight is 342 g/mol. The predicted octanol–water partition coefficient (Wildman–Crippen LogP) is 3.42. The predicted molar refractivity (Wildman–Crippen MR) is 101 cm³/mol. The number of imidazole rings is 1. The van der Waals surface area contributed by atoms with Crippen molar-refractivity contribution in [2.24, 2.45) is 4.99 Å². The first-order chi connectivity index (χ1) is 12.1. The molecule has 0 atom stereocenters. The molecular weight excluding hydrogens is 316 g/mol. The zero-order valence-corrected chi connectivity index (χ0v) is 14.5. The van der Waals surface area contributed by atoms with Crippen LogP contribution in [0.1, 0.15) is 57.1 Å². The first-order valence-electron chi connectivity index (χ1n) is 9.05. The molecular formula is C19H26N4O2. The van der Waals surface area contributed by atoms with Gasteiger partial charge in [-0.1, -0.05) is 45.1 Å². The van der Waals surface area contributed by atoms with Gasteiger partial charge in [0.15, 0.2) is 5.75 Å². The second-order valence-electron chi connectivity index (χ2n) is 6.71. The highest BCUT2D eigenvalue weighted by atomic mass is 16.3. The summed E-state index contributed by atoms with van der Waals surface area (Å²) in [4.78, 5) is 19.2. The first kappa shape index (κ1) is 17.3. The van der Waals surface area contributed by atoms with E-state index in [1.54, 1.807) is 16.9 Å². The normalized spacial score (nSPS) is 17.3. The molecule has 3 rings (SSSR count). The minimum atomic E-state index is -0.409. The van der Waals surface area contributed by atoms with E-state index in [4.69, 9.17) is 0 Å². The molecule has 0 radical (unpaired) electrons. The van der Waals surface area contributed by atoms with E-state index in [9.17, 15) is 9.90 Å². The fourth-order valence-corrected chi connectivity index (χ4v) is 3.33. The van der Waals surface area contributed by atoms with E-state index in [1.165, 1.54) is 50.8 Å². The fourth-order valence-electron chi connectivity index (χ4n) is 3.33. The first-order valence-corrected chi connectivity index (χ1v) is 9.05. The molecule has 6 nitrogen and oxygen atoms in total. The standard InChI is InChI=1S/C19H26N4O2/c1-14(16-11-20-19-10-17(24)18(25)12-23(16)19)21-13-22-15-8-6-4-2-3-5-7-9-15/h10-13,15,20,25H,1-9H2,(H,21,22). The van der Waals surface area contributed by atoms with Crippen LogP contribution in [0.3, 0.4) is 0 Å². The van der Waals surface area contributed by atoms with Gasteiger partial charge in [-0.15, -0.1) is 0 Å². The zero-order valence-electron chi connectivity index (χ0n) is 14.5. The highest BCUT2D eigenvalue weighted by Gasteiger charge is 2.10. The Bertz CT molecular complexity index is 808. The van der Waals surface area contributed by atoms with E-state index in [-0.39, 0.29) is 5.75 Å². The number of aromatic hydroxyl groups is 1. The summed E-state index contributed by atoms with van der Waals surface area (Å²) in [6, 6.07) is 1.73. The molecule has 2 aromatic heterocycles. The van der Waals surface area contributed by atoms with Crippen molar-refractivity contribution in [3.63, 3.8) is 0 Å². The Morgan fingerprint density at radius 2 is 1.96 bits per heavy atom. The summed E-state index contributed by atoms with van der Waals surface area (Å²) in [5, 5.41) is 12.8. The molecule has 0 saturated heterocycles. The summed E-state index contributed by atoms with van der Waals surface area (Å²) in [6.45, 7) is 4.03. The number of aliphatic imine (C=N–C) groups is 1. The van der Waals surface area contributed by atoms with Gasteiger partial charge >= 0.3 is 0 Å². The zero-order chi connectivity index (χ0) is 17.6. The lowest BCUT2D eigenvalue weighted by molar-refractivity contribution is 0.467. The van der Waals surface area contributed by atoms with Crippen molar-refractivity contribution in [3.8, 4) is 5.75 Å². The van der Waals surface area contributed by atoms with E-state index < -0.39 is 5.43 Å². The van der Waals surface area contributed by atoms with Crippen molar-refractivity contribution in [1.29, 1.82) is 0 Å². The van der Waals surface area contributed by atoms with Gasteiger partial charge in [0.2, 0.25) is 5.43 Å². The molecule has 0 aliphatic heterocycles. The third-order valence-corrected chi connectivity index (χ3v) is 4.81. The smallest absolute Gasteiger partial charge is 0.225 e. The van der Waals surface area contributed by atoms with Gasteiger partial charge in [-0.2, -0.15) is 0 Å². The number of H-pyrrole nitrogens is 1. The number of nitrogens with one attached hydrogen (secondary N) is 2. The van der Waals surface area contributed by atoms with Crippen molar-refractivity contribution >= 4 is 17.7 Å². The highest BCUT2D eigenvalue weighted by molar-refractivity contribution is 5.74. The maximum atomic E-state index is 11.5. The number of rotatable bonds is 4. The van der Waals surface area contributed by atoms with Crippen LogP contribution in [0.2, 0.25) is 0 Å². The molecule has 6 heteroatoms. The molecule has 0 aromatic carbocycles. The second kappa shape index (κ2) is 8.05. The third-order valence-electron chi connectivity index (χ3n) is 4.81. The van der Waals surface area contributed by atoms with Gasteiger partial charge in [-0.3, -0.25) is 14.2 Å². The summed E-state index contributed by atoms with van der Waals surface area (Å²) < 4.78 is 1.69. The lowest BCUT2D eigenvalue weighted by atomic mass is 10.1. The number of fused-ring (bicyclic) bond motifs is 1. The number of nitrogens with zero attached hydrogens (tertiary/aromatic N) is 2. The molecule has 1 saturated carbocycles. The quantitative estimate of drug-likeness (QED) is 0.588. The summed E-state index contributed by atoms with van der Waals surface area (Å²) in [5.41, 5.74) is 1.59. The van der Waals surface area contributed by atoms with E-state index >= 15 is 0 Å². The molecule has 0 spiro atoms. The minimum Gasteiger partial charge on any atom is -0.503 e. The van der Waals surface area contributed by atoms with Crippen LogP contribution in [-0.4, -0.2) is 26.9 Å². The Kier molecular flexibility index (Phi) is 5.58. The Morgan fingerprint density at radius 1 is 1.28 bits per heavy atom. The molecule has 2 aromatic rings. The van der Waals surface area contributed by atoms with Gasteiger partial charge in [0, 0.05) is 12.3 Å². The highest BCUT2D eigenvalue weighted by Crippen LogP contribution is 2.19. The molecule has 1 aliphatic rings. The van der Waals surface area contributed by atoms with Crippen LogP contribution in [0.15, 0.2) is 34.8 Å². The van der Waals surface area contributed by atoms with Crippen LogP contribution in [0.4, 0.5) is 0 Å². The van der Waals surface area contributed by atoms with Crippen LogP contribution in [-0.2, 0) is 0 Å². The Morgan fingerprint density at radius 3 is 2.68 bits per heavy atom. The molecule has 1 fully saturated rings. The van der Waals surface area contributed by atoms with E-state index in [1.807, 2.05) is 0 Å². The van der Waals surface area contributed by atoms with Gasteiger partial charge in [0.05, 0.1) is 30.0 Å². The van der Waals surface area contributed by atoms with Crippen molar-refractivity contribution in [3.05, 3.63) is 41.0 Å². The lowest BCUT2D eigenvalue weighted by Gasteiger charge is -2.11.